The number of thiazole rings is 1. The van der Waals surface area contributed by atoms with Crippen molar-refractivity contribution in [2.24, 2.45) is 0 Å². The third-order valence-electron chi connectivity index (χ3n) is 2.60. The summed E-state index contributed by atoms with van der Waals surface area (Å²) in [6.07, 6.45) is 1.53. The minimum Gasteiger partial charge on any atom is -0.397 e. The van der Waals surface area contributed by atoms with E-state index in [1.165, 1.54) is 17.5 Å². The second-order valence-corrected chi connectivity index (χ2v) is 5.22. The zero-order chi connectivity index (χ0) is 13.3. The van der Waals surface area contributed by atoms with Gasteiger partial charge in [0.1, 0.15) is 0 Å². The second kappa shape index (κ2) is 4.73. The molecule has 5 nitrogen and oxygen atoms in total. The predicted molar refractivity (Wildman–Crippen MR) is 72.9 cm³/mol. The molecule has 6 heteroatoms. The van der Waals surface area contributed by atoms with E-state index in [1.807, 2.05) is 13.8 Å². The number of aromatic nitrogens is 2. The molecule has 1 amide bonds. The quantitative estimate of drug-likeness (QED) is 0.870. The normalized spacial score (nSPS) is 10.4. The molecule has 0 fully saturated rings. The lowest BCUT2D eigenvalue weighted by atomic mass is 10.2. The molecule has 0 aromatic carbocycles. The molecule has 0 saturated carbocycles. The molecule has 0 bridgehead atoms. The summed E-state index contributed by atoms with van der Waals surface area (Å²) < 4.78 is 0. The molecule has 2 aromatic rings. The summed E-state index contributed by atoms with van der Waals surface area (Å²) in [7, 11) is 0. The van der Waals surface area contributed by atoms with Crippen LogP contribution in [0.15, 0.2) is 12.3 Å². The molecule has 0 saturated heterocycles. The number of nitrogen functional groups attached to an aromatic ring is 1. The average molecular weight is 262 g/mol. The van der Waals surface area contributed by atoms with E-state index in [2.05, 4.69) is 15.3 Å². The number of nitrogens with two attached hydrogens (primary N) is 1. The van der Waals surface area contributed by atoms with E-state index < -0.39 is 0 Å². The van der Waals surface area contributed by atoms with Crippen LogP contribution >= 0.6 is 11.3 Å². The van der Waals surface area contributed by atoms with Crippen molar-refractivity contribution < 1.29 is 4.79 Å². The van der Waals surface area contributed by atoms with Crippen LogP contribution < -0.4 is 11.1 Å². The number of hydrogen-bond donors (Lipinski definition) is 2. The largest absolute Gasteiger partial charge is 0.397 e. The monoisotopic (exact) mass is 262 g/mol. The van der Waals surface area contributed by atoms with E-state index in [0.717, 1.165) is 10.6 Å². The summed E-state index contributed by atoms with van der Waals surface area (Å²) in [4.78, 5) is 21.5. The van der Waals surface area contributed by atoms with Gasteiger partial charge in [-0.2, -0.15) is 0 Å². The van der Waals surface area contributed by atoms with Crippen molar-refractivity contribution in [1.82, 2.24) is 9.97 Å². The van der Waals surface area contributed by atoms with Gasteiger partial charge < -0.3 is 5.73 Å². The fourth-order valence-corrected chi connectivity index (χ4v) is 2.28. The van der Waals surface area contributed by atoms with Gasteiger partial charge in [-0.05, 0) is 26.8 Å². The highest BCUT2D eigenvalue weighted by atomic mass is 32.1. The lowest BCUT2D eigenvalue weighted by Gasteiger charge is -2.05. The van der Waals surface area contributed by atoms with Crippen LogP contribution in [-0.4, -0.2) is 15.9 Å². The second-order valence-electron chi connectivity index (χ2n) is 4.02. The highest BCUT2D eigenvalue weighted by molar-refractivity contribution is 7.15. The summed E-state index contributed by atoms with van der Waals surface area (Å²) in [5, 5.41) is 3.36. The van der Waals surface area contributed by atoms with Gasteiger partial charge in [0.25, 0.3) is 5.91 Å². The van der Waals surface area contributed by atoms with Crippen molar-refractivity contribution in [3.05, 3.63) is 34.1 Å². The number of carbonyl (C=O) groups is 1. The third kappa shape index (κ3) is 2.48. The topological polar surface area (TPSA) is 80.9 Å². The fraction of sp³-hybridized carbons (Fsp3) is 0.250. The molecule has 0 radical (unpaired) electrons. The van der Waals surface area contributed by atoms with Gasteiger partial charge in [-0.25, -0.2) is 4.98 Å². The van der Waals surface area contributed by atoms with Crippen LogP contribution in [0.5, 0.6) is 0 Å². The Labute approximate surface area is 109 Å². The molecule has 0 aliphatic carbocycles. The van der Waals surface area contributed by atoms with Gasteiger partial charge >= 0.3 is 0 Å². The number of amides is 1. The molecule has 2 aromatic heterocycles. The smallest absolute Gasteiger partial charge is 0.259 e. The SMILES string of the molecule is Cc1ncc(N)cc1C(=O)Nc1nc(C)c(C)s1. The fourth-order valence-electron chi connectivity index (χ4n) is 1.47. The van der Waals surface area contributed by atoms with Gasteiger partial charge in [0.05, 0.1) is 28.8 Å². The van der Waals surface area contributed by atoms with Crippen LogP contribution in [0.25, 0.3) is 0 Å². The van der Waals surface area contributed by atoms with E-state index in [9.17, 15) is 4.79 Å². The maximum Gasteiger partial charge on any atom is 0.259 e. The van der Waals surface area contributed by atoms with Gasteiger partial charge in [0, 0.05) is 4.88 Å². The predicted octanol–water partition coefficient (Wildman–Crippen LogP) is 2.30. The molecule has 18 heavy (non-hydrogen) atoms. The summed E-state index contributed by atoms with van der Waals surface area (Å²) >= 11 is 1.45. The van der Waals surface area contributed by atoms with Gasteiger partial charge in [-0.15, -0.1) is 11.3 Å². The van der Waals surface area contributed by atoms with E-state index in [1.54, 1.807) is 13.0 Å². The van der Waals surface area contributed by atoms with Crippen molar-refractivity contribution in [3.8, 4) is 0 Å². The lowest BCUT2D eigenvalue weighted by Crippen LogP contribution is -2.14. The number of pyridine rings is 1. The number of rotatable bonds is 2. The Bertz CT molecular complexity index is 587. The van der Waals surface area contributed by atoms with Crippen LogP contribution in [0.2, 0.25) is 0 Å². The molecule has 0 unspecified atom stereocenters. The summed E-state index contributed by atoms with van der Waals surface area (Å²) in [6.45, 7) is 5.65. The van der Waals surface area contributed by atoms with Gasteiger partial charge in [-0.3, -0.25) is 15.1 Å². The number of aryl methyl sites for hydroxylation is 3. The Hall–Kier alpha value is -1.95. The molecule has 2 heterocycles. The molecule has 3 N–H and O–H groups in total. The van der Waals surface area contributed by atoms with Crippen LogP contribution in [0.1, 0.15) is 26.6 Å². The summed E-state index contributed by atoms with van der Waals surface area (Å²) in [6, 6.07) is 1.62. The standard InChI is InChI=1S/C12H14N4OS/c1-6-8(3)18-12(15-6)16-11(17)10-4-9(13)5-14-7(10)2/h4-5H,13H2,1-3H3,(H,15,16,17). The van der Waals surface area contributed by atoms with Gasteiger partial charge in [0.15, 0.2) is 5.13 Å². The third-order valence-corrected chi connectivity index (χ3v) is 3.59. The van der Waals surface area contributed by atoms with Crippen molar-refractivity contribution in [3.63, 3.8) is 0 Å². The Morgan fingerprint density at radius 3 is 2.67 bits per heavy atom. The Balaban J connectivity index is 2.24. The number of hydrogen-bond acceptors (Lipinski definition) is 5. The maximum absolute atomic E-state index is 12.1. The molecule has 94 valence electrons. The van der Waals surface area contributed by atoms with Crippen molar-refractivity contribution in [2.75, 3.05) is 11.1 Å². The van der Waals surface area contributed by atoms with Crippen LogP contribution in [0.4, 0.5) is 10.8 Å². The molecular formula is C12H14N4OS. The Morgan fingerprint density at radius 2 is 2.06 bits per heavy atom. The molecule has 0 atom stereocenters. The Kier molecular flexibility index (Phi) is 3.29. The zero-order valence-corrected chi connectivity index (χ0v) is 11.3. The van der Waals surface area contributed by atoms with E-state index >= 15 is 0 Å². The zero-order valence-electron chi connectivity index (χ0n) is 10.4. The first-order valence-electron chi connectivity index (χ1n) is 5.45. The molecule has 2 rings (SSSR count). The average Bonchev–Trinajstić information content (AvgIpc) is 2.61. The van der Waals surface area contributed by atoms with Gasteiger partial charge in [-0.1, -0.05) is 0 Å². The summed E-state index contributed by atoms with van der Waals surface area (Å²) in [5.41, 5.74) is 8.15. The summed E-state index contributed by atoms with van der Waals surface area (Å²) in [5.74, 6) is -0.235. The number of anilines is 2. The molecular weight excluding hydrogens is 248 g/mol. The van der Waals surface area contributed by atoms with Crippen molar-refractivity contribution in [1.29, 1.82) is 0 Å². The first-order valence-corrected chi connectivity index (χ1v) is 6.26. The van der Waals surface area contributed by atoms with E-state index in [-0.39, 0.29) is 5.91 Å². The highest BCUT2D eigenvalue weighted by Gasteiger charge is 2.13. The van der Waals surface area contributed by atoms with Crippen LogP contribution in [0, 0.1) is 20.8 Å². The maximum atomic E-state index is 12.1. The lowest BCUT2D eigenvalue weighted by molar-refractivity contribution is 0.102. The van der Waals surface area contributed by atoms with Crippen molar-refractivity contribution in [2.45, 2.75) is 20.8 Å². The first kappa shape index (κ1) is 12.5. The molecule has 0 spiro atoms. The van der Waals surface area contributed by atoms with Crippen molar-refractivity contribution >= 4 is 28.1 Å². The van der Waals surface area contributed by atoms with Crippen LogP contribution in [-0.2, 0) is 0 Å². The molecule has 0 aliphatic rings. The Morgan fingerprint density at radius 1 is 1.33 bits per heavy atom. The van der Waals surface area contributed by atoms with E-state index in [4.69, 9.17) is 5.73 Å². The number of nitrogens with zero attached hydrogens (tertiary/aromatic N) is 2. The minimum absolute atomic E-state index is 0.235. The number of carbonyl (C=O) groups excluding carboxylic acids is 1. The first-order chi connectivity index (χ1) is 8.47. The van der Waals surface area contributed by atoms with Gasteiger partial charge in [0.2, 0.25) is 0 Å². The van der Waals surface area contributed by atoms with Crippen LogP contribution in [0.3, 0.4) is 0 Å². The van der Waals surface area contributed by atoms with E-state index in [0.29, 0.717) is 22.1 Å². The minimum atomic E-state index is -0.235. The molecule has 0 aliphatic heterocycles. The number of nitrogens with one attached hydrogen (secondary N) is 1. The highest BCUT2D eigenvalue weighted by Crippen LogP contribution is 2.22.